The van der Waals surface area contributed by atoms with Crippen LogP contribution in [0.25, 0.3) is 33.6 Å². The van der Waals surface area contributed by atoms with Gasteiger partial charge in [0.05, 0.1) is 62.1 Å². The Hall–Kier alpha value is -6.17. The smallest absolute Gasteiger partial charge is 0.407 e. The Labute approximate surface area is 337 Å². The SMILES string of the molecule is COC(=O)N[C@H](C(=O)N1C[C@@H](C#N)C[C@H]1c1ncc(-c2ccc(-c3ccc(-c4cnc([C@@H]5CC6(CC6)CN5C(=O)[C@@H](NC(=O)OC)C(C)C)[nH]4)cc3)cc2)[nH]1)C(C)C. The number of nitriles is 1. The number of benzene rings is 2. The maximum absolute atomic E-state index is 13.8. The number of carbonyl (C=O) groups is 4. The molecule has 0 unspecified atom stereocenters. The average Bonchev–Trinajstić information content (AvgIpc) is 3.73. The average molecular weight is 790 g/mol. The maximum atomic E-state index is 13.8. The van der Waals surface area contributed by atoms with E-state index in [4.69, 9.17) is 14.5 Å². The predicted molar refractivity (Wildman–Crippen MR) is 214 cm³/mol. The first-order chi connectivity index (χ1) is 27.8. The van der Waals surface area contributed by atoms with Crippen LogP contribution in [-0.4, -0.2) is 93.1 Å². The van der Waals surface area contributed by atoms with Crippen molar-refractivity contribution in [3.05, 3.63) is 72.6 Å². The monoisotopic (exact) mass is 789 g/mol. The van der Waals surface area contributed by atoms with E-state index in [2.05, 4.69) is 43.8 Å². The lowest BCUT2D eigenvalue weighted by molar-refractivity contribution is -0.136. The normalized spacial score (nSPS) is 20.5. The zero-order chi connectivity index (χ0) is 41.3. The molecule has 304 valence electrons. The standard InChI is InChI=1S/C43H51N9O6/c1-24(2)35(49-41(55)57-5)39(53)51-22-26(19-44)17-33(51)37-45-20-31(47-37)29-11-7-27(8-12-29)28-9-13-30(14-10-28)32-21-46-38(48-32)34-18-43(15-16-43)23-52(34)40(54)36(25(3)4)50-42(56)58-6/h7-14,20-21,24-26,33-36H,15-18,22-23H2,1-6H3,(H,45,47)(H,46,48)(H,49,55)(H,50,56)/t26-,33+,34+,35+,36+/m1/s1. The number of ether oxygens (including phenoxy) is 2. The van der Waals surface area contributed by atoms with Crippen LogP contribution >= 0.6 is 0 Å². The van der Waals surface area contributed by atoms with E-state index in [9.17, 15) is 24.4 Å². The van der Waals surface area contributed by atoms with Gasteiger partial charge in [-0.2, -0.15) is 5.26 Å². The van der Waals surface area contributed by atoms with E-state index in [-0.39, 0.29) is 47.6 Å². The van der Waals surface area contributed by atoms with Crippen molar-refractivity contribution in [1.29, 1.82) is 5.26 Å². The van der Waals surface area contributed by atoms with Crippen molar-refractivity contribution in [2.24, 2.45) is 23.2 Å². The van der Waals surface area contributed by atoms with E-state index in [1.54, 1.807) is 11.1 Å². The van der Waals surface area contributed by atoms with E-state index >= 15 is 0 Å². The molecule has 15 nitrogen and oxygen atoms in total. The van der Waals surface area contributed by atoms with Crippen molar-refractivity contribution in [3.8, 4) is 39.7 Å². The molecule has 3 fully saturated rings. The fourth-order valence-electron chi connectivity index (χ4n) is 8.25. The molecule has 4 amide bonds. The minimum absolute atomic E-state index is 0.110. The highest BCUT2D eigenvalue weighted by Crippen LogP contribution is 2.58. The highest BCUT2D eigenvalue weighted by Gasteiger charge is 2.55. The molecule has 58 heavy (non-hydrogen) atoms. The summed E-state index contributed by atoms with van der Waals surface area (Å²) in [5.41, 5.74) is 5.68. The molecule has 2 saturated heterocycles. The summed E-state index contributed by atoms with van der Waals surface area (Å²) in [6.07, 6.45) is 5.65. The molecule has 0 radical (unpaired) electrons. The van der Waals surface area contributed by atoms with Crippen LogP contribution < -0.4 is 10.6 Å². The molecule has 1 saturated carbocycles. The van der Waals surface area contributed by atoms with Gasteiger partial charge in [0.1, 0.15) is 23.7 Å². The molecule has 4 N–H and O–H groups in total. The van der Waals surface area contributed by atoms with Crippen molar-refractivity contribution < 1.29 is 28.7 Å². The number of imidazole rings is 2. The minimum atomic E-state index is -0.808. The minimum Gasteiger partial charge on any atom is -0.453 e. The molecule has 2 aromatic heterocycles. The number of aromatic amines is 2. The highest BCUT2D eigenvalue weighted by atomic mass is 16.5. The van der Waals surface area contributed by atoms with Gasteiger partial charge in [-0.15, -0.1) is 0 Å². The number of carbonyl (C=O) groups excluding carboxylic acids is 4. The molecule has 15 heteroatoms. The molecular weight excluding hydrogens is 739 g/mol. The fraction of sp³-hybridized carbons (Fsp3) is 0.465. The Morgan fingerprint density at radius 1 is 0.741 bits per heavy atom. The molecule has 2 aliphatic heterocycles. The van der Waals surface area contributed by atoms with Gasteiger partial charge in [0.25, 0.3) is 0 Å². The molecule has 1 spiro atoms. The van der Waals surface area contributed by atoms with E-state index in [0.717, 1.165) is 58.7 Å². The number of aromatic nitrogens is 4. The van der Waals surface area contributed by atoms with Gasteiger partial charge in [0.2, 0.25) is 11.8 Å². The second-order valence-corrected chi connectivity index (χ2v) is 16.5. The number of methoxy groups -OCH3 is 2. The quantitative estimate of drug-likeness (QED) is 0.134. The molecule has 1 aliphatic carbocycles. The van der Waals surface area contributed by atoms with E-state index in [1.165, 1.54) is 14.2 Å². The number of amides is 4. The number of hydrogen-bond donors (Lipinski definition) is 4. The van der Waals surface area contributed by atoms with Crippen LogP contribution in [0.3, 0.4) is 0 Å². The molecule has 4 heterocycles. The number of nitrogens with one attached hydrogen (secondary N) is 4. The second kappa shape index (κ2) is 16.4. The number of H-pyrrole nitrogens is 2. The zero-order valence-corrected chi connectivity index (χ0v) is 33.7. The van der Waals surface area contributed by atoms with Crippen molar-refractivity contribution in [2.75, 3.05) is 27.3 Å². The van der Waals surface area contributed by atoms with Gasteiger partial charge in [0.15, 0.2) is 0 Å². The van der Waals surface area contributed by atoms with Crippen LogP contribution in [0.15, 0.2) is 60.9 Å². The third kappa shape index (κ3) is 8.14. The van der Waals surface area contributed by atoms with E-state index < -0.39 is 30.3 Å². The summed E-state index contributed by atoms with van der Waals surface area (Å²) in [4.78, 5) is 71.4. The van der Waals surface area contributed by atoms with Gasteiger partial charge in [-0.25, -0.2) is 19.6 Å². The summed E-state index contributed by atoms with van der Waals surface area (Å²) in [6, 6.07) is 16.5. The van der Waals surface area contributed by atoms with Crippen molar-refractivity contribution in [2.45, 2.75) is 77.5 Å². The molecule has 7 rings (SSSR count). The summed E-state index contributed by atoms with van der Waals surface area (Å²) in [6.45, 7) is 8.41. The van der Waals surface area contributed by atoms with Crippen LogP contribution in [0.2, 0.25) is 0 Å². The Balaban J connectivity index is 1.03. The van der Waals surface area contributed by atoms with Gasteiger partial charge in [-0.1, -0.05) is 76.2 Å². The molecular formula is C43H51N9O6. The Morgan fingerprint density at radius 2 is 1.19 bits per heavy atom. The zero-order valence-electron chi connectivity index (χ0n) is 33.7. The molecule has 3 aliphatic rings. The summed E-state index contributed by atoms with van der Waals surface area (Å²) >= 11 is 0. The molecule has 4 aromatic rings. The van der Waals surface area contributed by atoms with Crippen LogP contribution in [0.4, 0.5) is 9.59 Å². The summed E-state index contributed by atoms with van der Waals surface area (Å²) in [5.74, 6) is 0.241. The van der Waals surface area contributed by atoms with Gasteiger partial charge in [-0.05, 0) is 65.2 Å². The molecule has 5 atom stereocenters. The van der Waals surface area contributed by atoms with Crippen LogP contribution in [0.5, 0.6) is 0 Å². The predicted octanol–water partition coefficient (Wildman–Crippen LogP) is 6.36. The van der Waals surface area contributed by atoms with Crippen molar-refractivity contribution >= 4 is 24.0 Å². The number of hydrogen-bond acceptors (Lipinski definition) is 9. The fourth-order valence-corrected chi connectivity index (χ4v) is 8.25. The maximum Gasteiger partial charge on any atom is 0.407 e. The third-order valence-electron chi connectivity index (χ3n) is 11.8. The van der Waals surface area contributed by atoms with Crippen LogP contribution in [0.1, 0.15) is 77.1 Å². The van der Waals surface area contributed by atoms with Gasteiger partial charge in [-0.3, -0.25) is 9.59 Å². The first-order valence-electron chi connectivity index (χ1n) is 19.8. The Kier molecular flexibility index (Phi) is 11.3. The Morgan fingerprint density at radius 3 is 1.62 bits per heavy atom. The Bertz CT molecular complexity index is 2180. The number of rotatable bonds is 11. The topological polar surface area (TPSA) is 198 Å². The third-order valence-corrected chi connectivity index (χ3v) is 11.8. The number of likely N-dealkylation sites (tertiary alicyclic amines) is 2. The lowest BCUT2D eigenvalue weighted by Crippen LogP contribution is -2.51. The van der Waals surface area contributed by atoms with E-state index in [0.29, 0.717) is 18.8 Å². The van der Waals surface area contributed by atoms with Gasteiger partial charge < -0.3 is 39.9 Å². The largest absolute Gasteiger partial charge is 0.453 e. The lowest BCUT2D eigenvalue weighted by Gasteiger charge is -2.30. The van der Waals surface area contributed by atoms with E-state index in [1.807, 2.05) is 75.2 Å². The van der Waals surface area contributed by atoms with Crippen LogP contribution in [0, 0.1) is 34.5 Å². The van der Waals surface area contributed by atoms with Crippen molar-refractivity contribution in [1.82, 2.24) is 40.4 Å². The lowest BCUT2D eigenvalue weighted by atomic mass is 10.0. The van der Waals surface area contributed by atoms with Gasteiger partial charge >= 0.3 is 12.2 Å². The highest BCUT2D eigenvalue weighted by molar-refractivity contribution is 5.87. The van der Waals surface area contributed by atoms with Crippen LogP contribution in [-0.2, 0) is 19.1 Å². The molecule has 2 aromatic carbocycles. The van der Waals surface area contributed by atoms with Gasteiger partial charge in [0, 0.05) is 13.1 Å². The van der Waals surface area contributed by atoms with Crippen molar-refractivity contribution in [3.63, 3.8) is 0 Å². The number of alkyl carbamates (subject to hydrolysis) is 2. The second-order valence-electron chi connectivity index (χ2n) is 16.5. The molecule has 0 bridgehead atoms. The summed E-state index contributed by atoms with van der Waals surface area (Å²) in [5, 5.41) is 15.1. The first kappa shape index (κ1) is 40.0. The first-order valence-corrected chi connectivity index (χ1v) is 19.8. The number of nitrogens with zero attached hydrogens (tertiary/aromatic N) is 5. The summed E-state index contributed by atoms with van der Waals surface area (Å²) in [7, 11) is 2.55. The summed E-state index contributed by atoms with van der Waals surface area (Å²) < 4.78 is 9.55.